The zero-order chi connectivity index (χ0) is 13.8. The zero-order valence-electron chi connectivity index (χ0n) is 10.5. The normalized spacial score (nSPS) is 10.4. The van der Waals surface area contributed by atoms with Gasteiger partial charge in [-0.15, -0.1) is 11.3 Å². The van der Waals surface area contributed by atoms with E-state index in [0.29, 0.717) is 13.1 Å². The lowest BCUT2D eigenvalue weighted by Gasteiger charge is -2.20. The minimum absolute atomic E-state index is 0.0519. The van der Waals surface area contributed by atoms with Crippen LogP contribution in [-0.4, -0.2) is 22.3 Å². The number of carbonyl (C=O) groups excluding carboxylic acids is 1. The molecule has 2 aromatic rings. The number of thiophene rings is 1. The molecular weight excluding hydrogens is 265 g/mol. The predicted molar refractivity (Wildman–Crippen MR) is 73.3 cm³/mol. The Balaban J connectivity index is 2.23. The average molecular weight is 279 g/mol. The number of carbonyl (C=O) groups is 1. The van der Waals surface area contributed by atoms with Crippen LogP contribution in [0.1, 0.15) is 22.2 Å². The minimum Gasteiger partial charge on any atom is -0.383 e. The van der Waals surface area contributed by atoms with Crippen molar-refractivity contribution < 1.29 is 9.18 Å². The highest BCUT2D eigenvalue weighted by atomic mass is 32.1. The number of pyridine rings is 1. The van der Waals surface area contributed by atoms with E-state index < -0.39 is 5.82 Å². The Morgan fingerprint density at radius 3 is 3.00 bits per heavy atom. The van der Waals surface area contributed by atoms with Crippen LogP contribution in [0.5, 0.6) is 0 Å². The Hall–Kier alpha value is -1.95. The monoisotopic (exact) mass is 279 g/mol. The van der Waals surface area contributed by atoms with E-state index in [-0.39, 0.29) is 17.3 Å². The second-order valence-electron chi connectivity index (χ2n) is 3.99. The molecular formula is C13H14FN3OS. The lowest BCUT2D eigenvalue weighted by Crippen LogP contribution is -2.30. The molecule has 100 valence electrons. The number of nitrogens with zero attached hydrogens (tertiary/aromatic N) is 2. The van der Waals surface area contributed by atoms with Crippen molar-refractivity contribution in [2.24, 2.45) is 0 Å². The Kier molecular flexibility index (Phi) is 4.11. The van der Waals surface area contributed by atoms with E-state index in [1.54, 1.807) is 16.2 Å². The molecule has 0 atom stereocenters. The van der Waals surface area contributed by atoms with Gasteiger partial charge in [0.15, 0.2) is 0 Å². The molecule has 19 heavy (non-hydrogen) atoms. The summed E-state index contributed by atoms with van der Waals surface area (Å²) in [6, 6.07) is 5.01. The number of aromatic nitrogens is 1. The van der Waals surface area contributed by atoms with Crippen molar-refractivity contribution in [1.29, 1.82) is 0 Å². The first-order valence-corrected chi connectivity index (χ1v) is 6.72. The maximum atomic E-state index is 13.2. The maximum Gasteiger partial charge on any atom is 0.258 e. The molecule has 0 saturated carbocycles. The first kappa shape index (κ1) is 13.5. The van der Waals surface area contributed by atoms with Crippen LogP contribution >= 0.6 is 11.3 Å². The summed E-state index contributed by atoms with van der Waals surface area (Å²) in [5, 5.41) is 1.95. The number of nitrogens with two attached hydrogens (primary N) is 1. The Bertz CT molecular complexity index is 571. The van der Waals surface area contributed by atoms with Crippen molar-refractivity contribution in [2.45, 2.75) is 13.5 Å². The number of rotatable bonds is 4. The fourth-order valence-corrected chi connectivity index (χ4v) is 2.43. The van der Waals surface area contributed by atoms with Gasteiger partial charge < -0.3 is 10.6 Å². The molecule has 0 aliphatic heterocycles. The number of hydrogen-bond donors (Lipinski definition) is 1. The van der Waals surface area contributed by atoms with Crippen LogP contribution in [0.15, 0.2) is 29.8 Å². The van der Waals surface area contributed by atoms with Gasteiger partial charge in [-0.25, -0.2) is 9.37 Å². The first-order chi connectivity index (χ1) is 9.11. The van der Waals surface area contributed by atoms with E-state index in [4.69, 9.17) is 5.73 Å². The second kappa shape index (κ2) is 5.79. The summed E-state index contributed by atoms with van der Waals surface area (Å²) in [5.74, 6) is -0.818. The van der Waals surface area contributed by atoms with Crippen molar-refractivity contribution >= 4 is 23.1 Å². The average Bonchev–Trinajstić information content (AvgIpc) is 2.91. The predicted octanol–water partition coefficient (Wildman–Crippen LogP) is 2.53. The summed E-state index contributed by atoms with van der Waals surface area (Å²) >= 11 is 1.57. The molecule has 0 unspecified atom stereocenters. The van der Waals surface area contributed by atoms with Crippen molar-refractivity contribution in [2.75, 3.05) is 12.3 Å². The van der Waals surface area contributed by atoms with Gasteiger partial charge in [-0.2, -0.15) is 0 Å². The largest absolute Gasteiger partial charge is 0.383 e. The van der Waals surface area contributed by atoms with Gasteiger partial charge in [-0.3, -0.25) is 4.79 Å². The number of anilines is 1. The van der Waals surface area contributed by atoms with Crippen LogP contribution in [-0.2, 0) is 6.54 Å². The number of halogens is 1. The van der Waals surface area contributed by atoms with Gasteiger partial charge in [0.2, 0.25) is 0 Å². The molecule has 2 N–H and O–H groups in total. The Labute approximate surface area is 114 Å². The third kappa shape index (κ3) is 3.08. The van der Waals surface area contributed by atoms with Crippen LogP contribution in [0, 0.1) is 5.82 Å². The quantitative estimate of drug-likeness (QED) is 0.935. The summed E-state index contributed by atoms with van der Waals surface area (Å²) in [5.41, 5.74) is 5.74. The van der Waals surface area contributed by atoms with Gasteiger partial charge in [0.05, 0.1) is 18.3 Å². The minimum atomic E-state index is -0.565. The van der Waals surface area contributed by atoms with Gasteiger partial charge >= 0.3 is 0 Å². The van der Waals surface area contributed by atoms with Crippen LogP contribution < -0.4 is 5.73 Å². The van der Waals surface area contributed by atoms with Crippen LogP contribution in [0.25, 0.3) is 0 Å². The highest BCUT2D eigenvalue weighted by Crippen LogP contribution is 2.17. The highest BCUT2D eigenvalue weighted by molar-refractivity contribution is 7.09. The molecule has 0 aliphatic rings. The highest BCUT2D eigenvalue weighted by Gasteiger charge is 2.18. The molecule has 2 aromatic heterocycles. The zero-order valence-corrected chi connectivity index (χ0v) is 11.3. The van der Waals surface area contributed by atoms with E-state index in [1.165, 1.54) is 0 Å². The standard InChI is InChI=1S/C13H14FN3OS/c1-2-17(8-10-4-3-5-19-10)13(18)11-6-9(14)7-16-12(11)15/h3-7H,2,8H2,1H3,(H2,15,16). The lowest BCUT2D eigenvalue weighted by molar-refractivity contribution is 0.0754. The van der Waals surface area contributed by atoms with Gasteiger partial charge in [0, 0.05) is 11.4 Å². The summed E-state index contributed by atoms with van der Waals surface area (Å²) in [6.45, 7) is 2.88. The number of hydrogen-bond acceptors (Lipinski definition) is 4. The van der Waals surface area contributed by atoms with Gasteiger partial charge in [-0.1, -0.05) is 6.07 Å². The van der Waals surface area contributed by atoms with Gasteiger partial charge in [0.1, 0.15) is 11.6 Å². The molecule has 0 aliphatic carbocycles. The molecule has 2 heterocycles. The summed E-state index contributed by atoms with van der Waals surface area (Å²) < 4.78 is 13.2. The van der Waals surface area contributed by atoms with Crippen molar-refractivity contribution in [3.63, 3.8) is 0 Å². The molecule has 2 rings (SSSR count). The summed E-state index contributed by atoms with van der Waals surface area (Å²) in [4.78, 5) is 18.7. The third-order valence-corrected chi connectivity index (χ3v) is 3.57. The molecule has 0 bridgehead atoms. The molecule has 0 fully saturated rings. The molecule has 1 amide bonds. The summed E-state index contributed by atoms with van der Waals surface area (Å²) in [6.07, 6.45) is 1.00. The van der Waals surface area contributed by atoms with Crippen molar-refractivity contribution in [3.8, 4) is 0 Å². The maximum absolute atomic E-state index is 13.2. The van der Waals surface area contributed by atoms with E-state index >= 15 is 0 Å². The second-order valence-corrected chi connectivity index (χ2v) is 5.02. The fourth-order valence-electron chi connectivity index (χ4n) is 1.71. The van der Waals surface area contributed by atoms with E-state index in [2.05, 4.69) is 4.98 Å². The Morgan fingerprint density at radius 1 is 1.58 bits per heavy atom. The fraction of sp³-hybridized carbons (Fsp3) is 0.231. The molecule has 0 aromatic carbocycles. The van der Waals surface area contributed by atoms with Crippen LogP contribution in [0.2, 0.25) is 0 Å². The number of amides is 1. The smallest absolute Gasteiger partial charge is 0.258 e. The van der Waals surface area contributed by atoms with E-state index in [0.717, 1.165) is 17.1 Å². The van der Waals surface area contributed by atoms with Gasteiger partial charge in [-0.05, 0) is 24.4 Å². The van der Waals surface area contributed by atoms with Crippen molar-refractivity contribution in [3.05, 3.63) is 46.0 Å². The third-order valence-electron chi connectivity index (χ3n) is 2.71. The summed E-state index contributed by atoms with van der Waals surface area (Å²) in [7, 11) is 0. The molecule has 4 nitrogen and oxygen atoms in total. The topological polar surface area (TPSA) is 59.2 Å². The first-order valence-electron chi connectivity index (χ1n) is 5.84. The van der Waals surface area contributed by atoms with E-state index in [9.17, 15) is 9.18 Å². The molecule has 0 radical (unpaired) electrons. The van der Waals surface area contributed by atoms with E-state index in [1.807, 2.05) is 24.4 Å². The van der Waals surface area contributed by atoms with Crippen molar-refractivity contribution in [1.82, 2.24) is 9.88 Å². The van der Waals surface area contributed by atoms with Crippen LogP contribution in [0.3, 0.4) is 0 Å². The van der Waals surface area contributed by atoms with Gasteiger partial charge in [0.25, 0.3) is 5.91 Å². The Morgan fingerprint density at radius 2 is 2.37 bits per heavy atom. The molecule has 6 heteroatoms. The lowest BCUT2D eigenvalue weighted by atomic mass is 10.2. The number of nitrogen functional groups attached to an aromatic ring is 1. The molecule has 0 spiro atoms. The SMILES string of the molecule is CCN(Cc1cccs1)C(=O)c1cc(F)cnc1N. The molecule has 0 saturated heterocycles. The van der Waals surface area contributed by atoms with Crippen LogP contribution in [0.4, 0.5) is 10.2 Å².